The van der Waals surface area contributed by atoms with Crippen molar-refractivity contribution in [3.05, 3.63) is 218 Å². The van der Waals surface area contributed by atoms with Crippen LogP contribution in [0.3, 0.4) is 0 Å². The molecule has 0 atom stereocenters. The zero-order valence-electron chi connectivity index (χ0n) is 31.1. The van der Waals surface area contributed by atoms with Crippen LogP contribution in [0, 0.1) is 0 Å². The molecule has 2 nitrogen and oxygen atoms in total. The Hall–Kier alpha value is -7.20. The van der Waals surface area contributed by atoms with Gasteiger partial charge in [0.05, 0.1) is 16.7 Å². The molecule has 0 spiro atoms. The van der Waals surface area contributed by atoms with E-state index in [2.05, 4.69) is 228 Å². The van der Waals surface area contributed by atoms with Crippen LogP contribution in [0.4, 0.5) is 17.1 Å². The number of aromatic nitrogens is 1. The van der Waals surface area contributed by atoms with Crippen molar-refractivity contribution in [3.63, 3.8) is 0 Å². The standard InChI is InChI=1S/C54H36N2S/c1-4-15-37(16-5-1)39-27-31-42(32-28-39)55(43-33-29-40(30-34-43)38-17-6-2-7-18-38)51-36-52-48(44-21-10-12-25-50(44)56(52)41-19-8-3-9-20-41)35-49(51)47-24-14-23-46-45-22-11-13-26-53(45)57-54(46)47/h1-36H. The molecule has 0 aliphatic heterocycles. The number of hydrogen-bond donors (Lipinski definition) is 0. The van der Waals surface area contributed by atoms with Gasteiger partial charge in [0, 0.05) is 59.1 Å². The average molecular weight is 745 g/mol. The van der Waals surface area contributed by atoms with Crippen molar-refractivity contribution in [3.8, 4) is 39.1 Å². The van der Waals surface area contributed by atoms with Gasteiger partial charge >= 0.3 is 0 Å². The van der Waals surface area contributed by atoms with E-state index in [4.69, 9.17) is 0 Å². The Balaban J connectivity index is 1.23. The highest BCUT2D eigenvalue weighted by atomic mass is 32.1. The lowest BCUT2D eigenvalue weighted by atomic mass is 9.96. The van der Waals surface area contributed by atoms with Gasteiger partial charge in [0.25, 0.3) is 0 Å². The Bertz CT molecular complexity index is 3120. The van der Waals surface area contributed by atoms with Crippen molar-refractivity contribution < 1.29 is 0 Å². The minimum atomic E-state index is 1.09. The van der Waals surface area contributed by atoms with Gasteiger partial charge in [-0.2, -0.15) is 0 Å². The second-order valence-corrected chi connectivity index (χ2v) is 15.6. The van der Waals surface area contributed by atoms with E-state index in [1.54, 1.807) is 0 Å². The molecular formula is C54H36N2S. The fraction of sp³-hybridized carbons (Fsp3) is 0. The minimum absolute atomic E-state index is 1.09. The summed E-state index contributed by atoms with van der Waals surface area (Å²) in [7, 11) is 0. The fourth-order valence-corrected chi connectivity index (χ4v) is 9.74. The van der Waals surface area contributed by atoms with Gasteiger partial charge < -0.3 is 9.47 Å². The van der Waals surface area contributed by atoms with E-state index in [1.165, 1.54) is 69.8 Å². The van der Waals surface area contributed by atoms with Crippen molar-refractivity contribution in [1.82, 2.24) is 4.57 Å². The Morgan fingerprint density at radius 3 is 1.53 bits per heavy atom. The number of anilines is 3. The summed E-state index contributed by atoms with van der Waals surface area (Å²) in [4.78, 5) is 2.46. The van der Waals surface area contributed by atoms with Crippen molar-refractivity contribution in [1.29, 1.82) is 0 Å². The van der Waals surface area contributed by atoms with Crippen molar-refractivity contribution in [2.75, 3.05) is 4.90 Å². The maximum Gasteiger partial charge on any atom is 0.0562 e. The van der Waals surface area contributed by atoms with Crippen LogP contribution in [0.25, 0.3) is 81.0 Å². The summed E-state index contributed by atoms with van der Waals surface area (Å²) in [6, 6.07) is 79.4. The summed E-state index contributed by atoms with van der Waals surface area (Å²) >= 11 is 1.88. The number of fused-ring (bicyclic) bond motifs is 6. The topological polar surface area (TPSA) is 8.17 Å². The van der Waals surface area contributed by atoms with Crippen molar-refractivity contribution in [2.24, 2.45) is 0 Å². The number of hydrogen-bond acceptors (Lipinski definition) is 2. The summed E-state index contributed by atoms with van der Waals surface area (Å²) < 4.78 is 5.02. The molecular weight excluding hydrogens is 709 g/mol. The molecule has 0 N–H and O–H groups in total. The monoisotopic (exact) mass is 744 g/mol. The highest BCUT2D eigenvalue weighted by Crippen LogP contribution is 2.49. The Morgan fingerprint density at radius 2 is 0.877 bits per heavy atom. The largest absolute Gasteiger partial charge is 0.310 e. The molecule has 0 fully saturated rings. The molecule has 0 radical (unpaired) electrons. The Kier molecular flexibility index (Phi) is 8.04. The molecule has 11 aromatic rings. The van der Waals surface area contributed by atoms with Crippen LogP contribution in [0.5, 0.6) is 0 Å². The summed E-state index contributed by atoms with van der Waals surface area (Å²) in [5.74, 6) is 0. The van der Waals surface area contributed by atoms with Crippen LogP contribution in [0.2, 0.25) is 0 Å². The Labute approximate surface area is 335 Å². The van der Waals surface area contributed by atoms with Gasteiger partial charge in [0.15, 0.2) is 0 Å². The molecule has 11 rings (SSSR count). The minimum Gasteiger partial charge on any atom is -0.310 e. The summed E-state index contributed by atoms with van der Waals surface area (Å²) in [6.45, 7) is 0. The highest BCUT2D eigenvalue weighted by molar-refractivity contribution is 7.26. The van der Waals surface area contributed by atoms with Gasteiger partial charge in [-0.15, -0.1) is 11.3 Å². The summed E-state index contributed by atoms with van der Waals surface area (Å²) in [5.41, 5.74) is 14.0. The molecule has 0 aliphatic rings. The van der Waals surface area contributed by atoms with E-state index in [0.29, 0.717) is 0 Å². The van der Waals surface area contributed by atoms with E-state index >= 15 is 0 Å². The van der Waals surface area contributed by atoms with E-state index < -0.39 is 0 Å². The first-order valence-corrected chi connectivity index (χ1v) is 20.2. The van der Waals surface area contributed by atoms with Crippen LogP contribution in [-0.2, 0) is 0 Å². The van der Waals surface area contributed by atoms with Crippen molar-refractivity contribution in [2.45, 2.75) is 0 Å². The number of benzene rings is 9. The molecule has 0 aliphatic carbocycles. The van der Waals surface area contributed by atoms with Crippen LogP contribution in [0.1, 0.15) is 0 Å². The first-order valence-electron chi connectivity index (χ1n) is 19.4. The number of nitrogens with zero attached hydrogens (tertiary/aromatic N) is 2. The fourth-order valence-electron chi connectivity index (χ4n) is 8.51. The van der Waals surface area contributed by atoms with E-state index in [0.717, 1.165) is 28.3 Å². The van der Waals surface area contributed by atoms with Crippen molar-refractivity contribution >= 4 is 70.4 Å². The van der Waals surface area contributed by atoms with Gasteiger partial charge in [0.2, 0.25) is 0 Å². The second kappa shape index (κ2) is 13.8. The Morgan fingerprint density at radius 1 is 0.351 bits per heavy atom. The maximum atomic E-state index is 2.46. The van der Waals surface area contributed by atoms with Gasteiger partial charge in [-0.3, -0.25) is 0 Å². The van der Waals surface area contributed by atoms with E-state index in [-0.39, 0.29) is 0 Å². The number of thiophene rings is 1. The second-order valence-electron chi connectivity index (χ2n) is 14.5. The molecule has 0 bridgehead atoms. The third-order valence-electron chi connectivity index (χ3n) is 11.2. The summed E-state index contributed by atoms with van der Waals surface area (Å²) in [5, 5.41) is 5.05. The lowest BCUT2D eigenvalue weighted by Crippen LogP contribution is -2.11. The molecule has 0 saturated heterocycles. The lowest BCUT2D eigenvalue weighted by Gasteiger charge is -2.29. The predicted molar refractivity (Wildman–Crippen MR) is 245 cm³/mol. The molecule has 2 heterocycles. The van der Waals surface area contributed by atoms with Gasteiger partial charge in [0.1, 0.15) is 0 Å². The third kappa shape index (κ3) is 5.71. The smallest absolute Gasteiger partial charge is 0.0562 e. The molecule has 0 saturated carbocycles. The van der Waals surface area contributed by atoms with Crippen LogP contribution in [0.15, 0.2) is 218 Å². The molecule has 9 aromatic carbocycles. The van der Waals surface area contributed by atoms with Crippen LogP contribution < -0.4 is 4.90 Å². The van der Waals surface area contributed by atoms with Crippen LogP contribution in [-0.4, -0.2) is 4.57 Å². The first kappa shape index (κ1) is 33.2. The molecule has 268 valence electrons. The molecule has 0 unspecified atom stereocenters. The molecule has 2 aromatic heterocycles. The van der Waals surface area contributed by atoms with Gasteiger partial charge in [-0.25, -0.2) is 0 Å². The predicted octanol–water partition coefficient (Wildman–Crippen LogP) is 15.6. The quantitative estimate of drug-likeness (QED) is 0.158. The summed E-state index contributed by atoms with van der Waals surface area (Å²) in [6.07, 6.45) is 0. The van der Waals surface area contributed by atoms with E-state index in [1.807, 2.05) is 11.3 Å². The molecule has 57 heavy (non-hydrogen) atoms. The third-order valence-corrected chi connectivity index (χ3v) is 12.4. The normalized spacial score (nSPS) is 11.5. The molecule has 3 heteroatoms. The average Bonchev–Trinajstić information content (AvgIpc) is 3.83. The van der Waals surface area contributed by atoms with Gasteiger partial charge in [-0.05, 0) is 82.9 Å². The van der Waals surface area contributed by atoms with Gasteiger partial charge in [-0.1, -0.05) is 158 Å². The first-order chi connectivity index (χ1) is 28.3. The zero-order valence-corrected chi connectivity index (χ0v) is 31.9. The number of para-hydroxylation sites is 2. The van der Waals surface area contributed by atoms with E-state index in [9.17, 15) is 0 Å². The molecule has 0 amide bonds. The van der Waals surface area contributed by atoms with Crippen LogP contribution >= 0.6 is 11.3 Å². The number of rotatable bonds is 7. The highest BCUT2D eigenvalue weighted by Gasteiger charge is 2.24. The zero-order chi connectivity index (χ0) is 37.7. The lowest BCUT2D eigenvalue weighted by molar-refractivity contribution is 1.18. The maximum absolute atomic E-state index is 2.46. The SMILES string of the molecule is c1ccc(-c2ccc(N(c3ccc(-c4ccccc4)cc3)c3cc4c(cc3-c3cccc5c3sc3ccccc35)c3ccccc3n4-c3ccccc3)cc2)cc1.